The third kappa shape index (κ3) is 4.47. The highest BCUT2D eigenvalue weighted by atomic mass is 35.5. The van der Waals surface area contributed by atoms with E-state index in [2.05, 4.69) is 37.4 Å². The molecule has 1 aromatic heterocycles. The molecule has 0 saturated carbocycles. The van der Waals surface area contributed by atoms with Gasteiger partial charge in [0.25, 0.3) is 5.91 Å². The first-order valence-corrected chi connectivity index (χ1v) is 11.5. The number of nitrogens with one attached hydrogen (secondary N) is 1. The topological polar surface area (TPSA) is 70.6 Å². The fraction of sp³-hybridized carbons (Fsp3) is 0.192. The lowest BCUT2D eigenvalue weighted by Crippen LogP contribution is -2.47. The third-order valence-electron chi connectivity index (χ3n) is 5.98. The molecule has 0 aliphatic carbocycles. The van der Waals surface area contributed by atoms with Crippen molar-refractivity contribution in [2.45, 2.75) is 0 Å². The number of hydrogen-bond donors (Lipinski definition) is 1. The Labute approximate surface area is 202 Å². The van der Waals surface area contributed by atoms with Crippen molar-refractivity contribution in [3.8, 4) is 5.75 Å². The normalized spacial score (nSPS) is 13.7. The van der Waals surface area contributed by atoms with E-state index in [4.69, 9.17) is 16.3 Å². The van der Waals surface area contributed by atoms with Crippen LogP contribution in [0, 0.1) is 0 Å². The van der Waals surface area contributed by atoms with Crippen LogP contribution in [0.4, 0.5) is 17.2 Å². The van der Waals surface area contributed by atoms with Gasteiger partial charge in [-0.1, -0.05) is 41.9 Å². The van der Waals surface area contributed by atoms with Crippen molar-refractivity contribution in [3.63, 3.8) is 0 Å². The molecular formula is C26H24ClN5O2. The molecule has 0 unspecified atom stereocenters. The number of halogens is 1. The molecule has 5 rings (SSSR count). The summed E-state index contributed by atoms with van der Waals surface area (Å²) in [6.45, 7) is 3.33. The van der Waals surface area contributed by atoms with Gasteiger partial charge in [0.15, 0.2) is 11.5 Å². The van der Waals surface area contributed by atoms with Crippen LogP contribution < -0.4 is 19.9 Å². The minimum Gasteiger partial charge on any atom is -0.497 e. The second-order valence-electron chi connectivity index (χ2n) is 8.05. The molecule has 4 aromatic rings. The molecular weight excluding hydrogens is 450 g/mol. The van der Waals surface area contributed by atoms with E-state index in [1.54, 1.807) is 31.4 Å². The van der Waals surface area contributed by atoms with Gasteiger partial charge in [-0.05, 0) is 42.5 Å². The maximum absolute atomic E-state index is 13.0. The summed E-state index contributed by atoms with van der Waals surface area (Å²) in [5.74, 6) is 1.33. The van der Waals surface area contributed by atoms with Crippen LogP contribution in [0.25, 0.3) is 10.8 Å². The van der Waals surface area contributed by atoms with Crippen LogP contribution >= 0.6 is 11.6 Å². The summed E-state index contributed by atoms with van der Waals surface area (Å²) in [4.78, 5) is 17.6. The molecule has 3 aromatic carbocycles. The molecule has 0 radical (unpaired) electrons. The van der Waals surface area contributed by atoms with Gasteiger partial charge < -0.3 is 19.9 Å². The Balaban J connectivity index is 1.36. The number of carbonyl (C=O) groups excluding carboxylic acids is 1. The van der Waals surface area contributed by atoms with Crippen molar-refractivity contribution in [1.29, 1.82) is 0 Å². The summed E-state index contributed by atoms with van der Waals surface area (Å²) < 4.78 is 5.26. The molecule has 0 bridgehead atoms. The van der Waals surface area contributed by atoms with Crippen LogP contribution in [-0.4, -0.2) is 49.4 Å². The largest absolute Gasteiger partial charge is 0.497 e. The maximum Gasteiger partial charge on any atom is 0.276 e. The fourth-order valence-corrected chi connectivity index (χ4v) is 4.41. The highest BCUT2D eigenvalue weighted by Crippen LogP contribution is 2.28. The predicted octanol–water partition coefficient (Wildman–Crippen LogP) is 4.87. The highest BCUT2D eigenvalue weighted by molar-refractivity contribution is 6.31. The van der Waals surface area contributed by atoms with E-state index in [0.29, 0.717) is 10.7 Å². The monoisotopic (exact) mass is 473 g/mol. The number of anilines is 3. The number of nitrogens with zero attached hydrogens (tertiary/aromatic N) is 4. The number of carbonyl (C=O) groups is 1. The average molecular weight is 474 g/mol. The number of methoxy groups -OCH3 is 1. The molecule has 0 spiro atoms. The van der Waals surface area contributed by atoms with Gasteiger partial charge in [0, 0.05) is 53.3 Å². The molecule has 172 valence electrons. The van der Waals surface area contributed by atoms with E-state index in [-0.39, 0.29) is 11.6 Å². The van der Waals surface area contributed by atoms with Gasteiger partial charge in [0.2, 0.25) is 0 Å². The van der Waals surface area contributed by atoms with Crippen LogP contribution in [0.15, 0.2) is 72.8 Å². The lowest BCUT2D eigenvalue weighted by molar-refractivity contribution is 0.102. The van der Waals surface area contributed by atoms with Crippen LogP contribution in [0.3, 0.4) is 0 Å². The second-order valence-corrected chi connectivity index (χ2v) is 8.49. The smallest absolute Gasteiger partial charge is 0.276 e. The average Bonchev–Trinajstić information content (AvgIpc) is 2.88. The van der Waals surface area contributed by atoms with Crippen molar-refractivity contribution < 1.29 is 9.53 Å². The van der Waals surface area contributed by atoms with Gasteiger partial charge in [-0.25, -0.2) is 0 Å². The Hall–Kier alpha value is -3.84. The number of piperazine rings is 1. The Bertz CT molecular complexity index is 1320. The number of rotatable bonds is 5. The molecule has 1 saturated heterocycles. The molecule has 34 heavy (non-hydrogen) atoms. The Morgan fingerprint density at radius 1 is 0.882 bits per heavy atom. The van der Waals surface area contributed by atoms with E-state index in [9.17, 15) is 4.79 Å². The summed E-state index contributed by atoms with van der Waals surface area (Å²) in [6.07, 6.45) is 0. The summed E-state index contributed by atoms with van der Waals surface area (Å²) in [5, 5.41) is 13.9. The first kappa shape index (κ1) is 22.0. The number of aromatic nitrogens is 2. The van der Waals surface area contributed by atoms with Crippen molar-refractivity contribution in [2.75, 3.05) is 48.4 Å². The molecule has 7 nitrogen and oxygen atoms in total. The molecule has 1 aliphatic rings. The number of ether oxygens (including phenoxy) is 1. The first-order chi connectivity index (χ1) is 16.6. The van der Waals surface area contributed by atoms with Crippen LogP contribution in [0.1, 0.15) is 10.5 Å². The Kier molecular flexibility index (Phi) is 6.18. The van der Waals surface area contributed by atoms with E-state index < -0.39 is 0 Å². The number of hydrogen-bond acceptors (Lipinski definition) is 6. The number of fused-ring (bicyclic) bond motifs is 1. The molecule has 0 atom stereocenters. The Morgan fingerprint density at radius 2 is 1.59 bits per heavy atom. The molecule has 2 heterocycles. The van der Waals surface area contributed by atoms with Gasteiger partial charge >= 0.3 is 0 Å². The van der Waals surface area contributed by atoms with Crippen molar-refractivity contribution >= 4 is 45.5 Å². The minimum atomic E-state index is -0.318. The van der Waals surface area contributed by atoms with Gasteiger partial charge in [-0.3, -0.25) is 4.79 Å². The van der Waals surface area contributed by atoms with Crippen LogP contribution in [-0.2, 0) is 0 Å². The molecule has 1 fully saturated rings. The predicted molar refractivity (Wildman–Crippen MR) is 136 cm³/mol. The fourth-order valence-electron chi connectivity index (χ4n) is 4.22. The maximum atomic E-state index is 13.0. The lowest BCUT2D eigenvalue weighted by atomic mass is 10.1. The number of amides is 1. The van der Waals surface area contributed by atoms with Crippen molar-refractivity contribution in [1.82, 2.24) is 10.2 Å². The van der Waals surface area contributed by atoms with Crippen LogP contribution in [0.5, 0.6) is 5.75 Å². The van der Waals surface area contributed by atoms with E-state index in [1.165, 1.54) is 5.69 Å². The van der Waals surface area contributed by atoms with E-state index >= 15 is 0 Å². The third-order valence-corrected chi connectivity index (χ3v) is 6.22. The SMILES string of the molecule is COc1ccc(N2CCN(c3nnc(C(=O)Nc4cccc(Cl)c4)c4ccccc34)CC2)cc1. The molecule has 1 amide bonds. The van der Waals surface area contributed by atoms with Crippen molar-refractivity contribution in [2.24, 2.45) is 0 Å². The lowest BCUT2D eigenvalue weighted by Gasteiger charge is -2.37. The first-order valence-electron chi connectivity index (χ1n) is 11.1. The molecule has 8 heteroatoms. The van der Waals surface area contributed by atoms with E-state index in [1.807, 2.05) is 36.4 Å². The van der Waals surface area contributed by atoms with Gasteiger partial charge in [0.05, 0.1) is 7.11 Å². The summed E-state index contributed by atoms with van der Waals surface area (Å²) >= 11 is 6.05. The molecule has 1 aliphatic heterocycles. The second kappa shape index (κ2) is 9.57. The zero-order chi connectivity index (χ0) is 23.5. The van der Waals surface area contributed by atoms with E-state index in [0.717, 1.165) is 48.5 Å². The summed E-state index contributed by atoms with van der Waals surface area (Å²) in [6, 6.07) is 22.9. The molecule has 1 N–H and O–H groups in total. The quantitative estimate of drug-likeness (QED) is 0.446. The summed E-state index contributed by atoms with van der Waals surface area (Å²) in [7, 11) is 1.67. The van der Waals surface area contributed by atoms with Gasteiger partial charge in [0.1, 0.15) is 5.75 Å². The zero-order valence-corrected chi connectivity index (χ0v) is 19.5. The summed E-state index contributed by atoms with van der Waals surface area (Å²) in [5.41, 5.74) is 2.07. The highest BCUT2D eigenvalue weighted by Gasteiger charge is 2.23. The minimum absolute atomic E-state index is 0.288. The van der Waals surface area contributed by atoms with Crippen LogP contribution in [0.2, 0.25) is 5.02 Å². The van der Waals surface area contributed by atoms with Crippen molar-refractivity contribution in [3.05, 3.63) is 83.5 Å². The zero-order valence-electron chi connectivity index (χ0n) is 18.7. The van der Waals surface area contributed by atoms with Gasteiger partial charge in [-0.15, -0.1) is 10.2 Å². The Morgan fingerprint density at radius 3 is 2.29 bits per heavy atom. The number of benzene rings is 3. The van der Waals surface area contributed by atoms with Gasteiger partial charge in [-0.2, -0.15) is 0 Å². The standard InChI is InChI=1S/C26H24ClN5O2/c1-34-21-11-9-20(10-12-21)31-13-15-32(16-14-31)25-23-8-3-2-7-22(23)24(29-30-25)26(33)28-19-6-4-5-18(27)17-19/h2-12,17H,13-16H2,1H3,(H,28,33).